The lowest BCUT2D eigenvalue weighted by atomic mass is 10.1. The van der Waals surface area contributed by atoms with Gasteiger partial charge in [0.2, 0.25) is 0 Å². The van der Waals surface area contributed by atoms with Crippen molar-refractivity contribution in [3.63, 3.8) is 0 Å². The summed E-state index contributed by atoms with van der Waals surface area (Å²) in [6, 6.07) is 11.1. The maximum absolute atomic E-state index is 4.83. The summed E-state index contributed by atoms with van der Waals surface area (Å²) in [5.41, 5.74) is 1.25. The Morgan fingerprint density at radius 3 is 2.61 bits per heavy atom. The van der Waals surface area contributed by atoms with E-state index in [2.05, 4.69) is 77.4 Å². The van der Waals surface area contributed by atoms with Gasteiger partial charge < -0.3 is 15.2 Å². The van der Waals surface area contributed by atoms with Crippen molar-refractivity contribution >= 4 is 5.96 Å². The lowest BCUT2D eigenvalue weighted by Gasteiger charge is -2.22. The predicted octanol–water partition coefficient (Wildman–Crippen LogP) is 4.11. The van der Waals surface area contributed by atoms with Crippen LogP contribution in [0.5, 0.6) is 0 Å². The number of benzene rings is 1. The van der Waals surface area contributed by atoms with Gasteiger partial charge >= 0.3 is 0 Å². The molecule has 6 nitrogen and oxygen atoms in total. The van der Waals surface area contributed by atoms with Gasteiger partial charge in [-0.1, -0.05) is 63.4 Å². The molecule has 2 unspecified atom stereocenters. The largest absolute Gasteiger partial charge is 0.354 e. The fourth-order valence-electron chi connectivity index (χ4n) is 3.18. The molecule has 1 aromatic heterocycles. The zero-order chi connectivity index (χ0) is 20.2. The summed E-state index contributed by atoms with van der Waals surface area (Å²) in [5.74, 6) is 1.87. The Labute approximate surface area is 169 Å². The summed E-state index contributed by atoms with van der Waals surface area (Å²) in [6.45, 7) is 10.2. The number of unbranched alkanes of at least 4 members (excludes halogenated alkanes) is 2. The maximum atomic E-state index is 4.83. The van der Waals surface area contributed by atoms with E-state index in [9.17, 15) is 0 Å². The second-order valence-electron chi connectivity index (χ2n) is 7.34. The normalized spacial score (nSPS) is 13.9. The molecule has 154 valence electrons. The number of hydrogen-bond donors (Lipinski definition) is 2. The average molecular weight is 385 g/mol. The van der Waals surface area contributed by atoms with E-state index < -0.39 is 0 Å². The molecule has 2 rings (SSSR count). The molecule has 0 radical (unpaired) electrons. The number of guanidine groups is 1. The molecule has 0 saturated heterocycles. The Morgan fingerprint density at radius 2 is 1.89 bits per heavy atom. The molecule has 6 heteroatoms. The van der Waals surface area contributed by atoms with Crippen molar-refractivity contribution in [2.45, 2.75) is 78.4 Å². The zero-order valence-electron chi connectivity index (χ0n) is 17.9. The lowest BCUT2D eigenvalue weighted by Crippen LogP contribution is -2.43. The van der Waals surface area contributed by atoms with Crippen LogP contribution in [0.15, 0.2) is 41.7 Å². The summed E-state index contributed by atoms with van der Waals surface area (Å²) in [6.07, 6.45) is 7.59. The quantitative estimate of drug-likeness (QED) is 0.348. The first-order chi connectivity index (χ1) is 13.6. The molecule has 0 aliphatic carbocycles. The average Bonchev–Trinajstić information content (AvgIpc) is 3.16. The molecule has 1 aromatic carbocycles. The molecule has 0 bridgehead atoms. The molecule has 0 aliphatic rings. The third-order valence-electron chi connectivity index (χ3n) is 4.90. The Bertz CT molecular complexity index is 694. The fraction of sp³-hybridized carbons (Fsp3) is 0.591. The van der Waals surface area contributed by atoms with E-state index in [-0.39, 0.29) is 6.04 Å². The summed E-state index contributed by atoms with van der Waals surface area (Å²) >= 11 is 0. The minimum Gasteiger partial charge on any atom is -0.354 e. The molecule has 2 N–H and O–H groups in total. The molecule has 0 amide bonds. The van der Waals surface area contributed by atoms with Gasteiger partial charge in [0.15, 0.2) is 5.96 Å². The third kappa shape index (κ3) is 7.33. The molecular formula is C22H36N6. The van der Waals surface area contributed by atoms with Gasteiger partial charge in [-0.25, -0.2) is 0 Å². The third-order valence-corrected chi connectivity index (χ3v) is 4.90. The van der Waals surface area contributed by atoms with E-state index >= 15 is 0 Å². The van der Waals surface area contributed by atoms with Crippen molar-refractivity contribution in [1.82, 2.24) is 25.4 Å². The SMILES string of the molecule is CCCCCC(C)NC(=NCCn1cnnc1CC)NC(C)c1ccccc1. The van der Waals surface area contributed by atoms with E-state index in [4.69, 9.17) is 4.99 Å². The van der Waals surface area contributed by atoms with Crippen LogP contribution in [0.3, 0.4) is 0 Å². The van der Waals surface area contributed by atoms with Crippen molar-refractivity contribution in [2.75, 3.05) is 6.54 Å². The predicted molar refractivity (Wildman–Crippen MR) is 116 cm³/mol. The highest BCUT2D eigenvalue weighted by Gasteiger charge is 2.11. The fourth-order valence-corrected chi connectivity index (χ4v) is 3.18. The van der Waals surface area contributed by atoms with Gasteiger partial charge in [-0.3, -0.25) is 4.99 Å². The first-order valence-electron chi connectivity index (χ1n) is 10.6. The van der Waals surface area contributed by atoms with Crippen LogP contribution in [0.1, 0.15) is 70.8 Å². The van der Waals surface area contributed by atoms with Gasteiger partial charge in [-0.2, -0.15) is 0 Å². The smallest absolute Gasteiger partial charge is 0.192 e. The van der Waals surface area contributed by atoms with Crippen LogP contribution in [0.4, 0.5) is 0 Å². The minimum absolute atomic E-state index is 0.191. The number of hydrogen-bond acceptors (Lipinski definition) is 3. The topological polar surface area (TPSA) is 67.1 Å². The summed E-state index contributed by atoms with van der Waals surface area (Å²) < 4.78 is 2.08. The number of aryl methyl sites for hydroxylation is 1. The molecule has 2 atom stereocenters. The molecule has 1 heterocycles. The van der Waals surface area contributed by atoms with Gasteiger partial charge in [0.05, 0.1) is 12.6 Å². The van der Waals surface area contributed by atoms with Crippen LogP contribution < -0.4 is 10.6 Å². The highest BCUT2D eigenvalue weighted by atomic mass is 15.3. The summed E-state index contributed by atoms with van der Waals surface area (Å²) in [5, 5.41) is 15.3. The molecule has 0 spiro atoms. The first kappa shape index (κ1) is 21.9. The van der Waals surface area contributed by atoms with Crippen LogP contribution in [0.2, 0.25) is 0 Å². The Balaban J connectivity index is 1.99. The second-order valence-corrected chi connectivity index (χ2v) is 7.34. The van der Waals surface area contributed by atoms with Gasteiger partial charge in [0.25, 0.3) is 0 Å². The molecule has 0 fully saturated rings. The van der Waals surface area contributed by atoms with Crippen molar-refractivity contribution in [3.8, 4) is 0 Å². The number of nitrogens with one attached hydrogen (secondary N) is 2. The van der Waals surface area contributed by atoms with Crippen LogP contribution in [0, 0.1) is 0 Å². The maximum Gasteiger partial charge on any atom is 0.192 e. The van der Waals surface area contributed by atoms with Crippen molar-refractivity contribution in [2.24, 2.45) is 4.99 Å². The van der Waals surface area contributed by atoms with Gasteiger partial charge in [0.1, 0.15) is 12.2 Å². The summed E-state index contributed by atoms with van der Waals surface area (Å²) in [7, 11) is 0. The standard InChI is InChI=1S/C22H36N6/c1-5-7-9-12-18(3)25-22(26-19(4)20-13-10-8-11-14-20)23-15-16-28-17-24-27-21(28)6-2/h8,10-11,13-14,17-19H,5-7,9,12,15-16H2,1-4H3,(H2,23,25,26). The Kier molecular flexibility index (Phi) is 9.52. The van der Waals surface area contributed by atoms with E-state index in [1.54, 1.807) is 6.33 Å². The van der Waals surface area contributed by atoms with Crippen LogP contribution in [-0.4, -0.2) is 33.3 Å². The van der Waals surface area contributed by atoms with Crippen molar-refractivity contribution in [1.29, 1.82) is 0 Å². The monoisotopic (exact) mass is 384 g/mol. The molecular weight excluding hydrogens is 348 g/mol. The molecule has 0 aliphatic heterocycles. The minimum atomic E-state index is 0.191. The first-order valence-corrected chi connectivity index (χ1v) is 10.6. The number of aliphatic imine (C=N–C) groups is 1. The molecule has 0 saturated carbocycles. The Morgan fingerprint density at radius 1 is 1.11 bits per heavy atom. The van der Waals surface area contributed by atoms with E-state index in [0.717, 1.165) is 31.2 Å². The number of aromatic nitrogens is 3. The molecule has 2 aromatic rings. The number of nitrogens with zero attached hydrogens (tertiary/aromatic N) is 4. The zero-order valence-corrected chi connectivity index (χ0v) is 17.9. The second kappa shape index (κ2) is 12.2. The van der Waals surface area contributed by atoms with Crippen LogP contribution >= 0.6 is 0 Å². The summed E-state index contributed by atoms with van der Waals surface area (Å²) in [4.78, 5) is 4.83. The van der Waals surface area contributed by atoms with E-state index in [1.165, 1.54) is 24.8 Å². The lowest BCUT2D eigenvalue weighted by molar-refractivity contribution is 0.539. The Hall–Kier alpha value is -2.37. The van der Waals surface area contributed by atoms with Crippen molar-refractivity contribution < 1.29 is 0 Å². The van der Waals surface area contributed by atoms with Gasteiger partial charge in [0, 0.05) is 19.0 Å². The van der Waals surface area contributed by atoms with E-state index in [0.29, 0.717) is 12.6 Å². The van der Waals surface area contributed by atoms with Crippen LogP contribution in [-0.2, 0) is 13.0 Å². The highest BCUT2D eigenvalue weighted by Crippen LogP contribution is 2.11. The van der Waals surface area contributed by atoms with Crippen molar-refractivity contribution in [3.05, 3.63) is 48.0 Å². The van der Waals surface area contributed by atoms with Crippen LogP contribution in [0.25, 0.3) is 0 Å². The molecule has 28 heavy (non-hydrogen) atoms. The van der Waals surface area contributed by atoms with Gasteiger partial charge in [-0.15, -0.1) is 10.2 Å². The van der Waals surface area contributed by atoms with E-state index in [1.807, 2.05) is 6.07 Å². The highest BCUT2D eigenvalue weighted by molar-refractivity contribution is 5.80. The van der Waals surface area contributed by atoms with Gasteiger partial charge in [-0.05, 0) is 25.8 Å². The number of rotatable bonds is 11.